The van der Waals surface area contributed by atoms with Gasteiger partial charge in [-0.3, -0.25) is 9.59 Å². The smallest absolute Gasteiger partial charge is 0.262 e. The first-order valence-corrected chi connectivity index (χ1v) is 7.30. The number of nitrogens with one attached hydrogen (secondary N) is 1. The highest BCUT2D eigenvalue weighted by molar-refractivity contribution is 5.95. The van der Waals surface area contributed by atoms with E-state index in [-0.39, 0.29) is 18.4 Å². The van der Waals surface area contributed by atoms with Gasteiger partial charge in [-0.2, -0.15) is 0 Å². The van der Waals surface area contributed by atoms with Gasteiger partial charge in [-0.05, 0) is 24.5 Å². The molecule has 114 valence electrons. The molecule has 5 heteroatoms. The molecule has 0 unspecified atom stereocenters. The third-order valence-corrected chi connectivity index (χ3v) is 3.47. The van der Waals surface area contributed by atoms with Crippen molar-refractivity contribution in [3.63, 3.8) is 0 Å². The van der Waals surface area contributed by atoms with E-state index in [9.17, 15) is 9.59 Å². The predicted molar refractivity (Wildman–Crippen MR) is 81.3 cm³/mol. The van der Waals surface area contributed by atoms with Crippen LogP contribution in [0.1, 0.15) is 27.2 Å². The van der Waals surface area contributed by atoms with Crippen LogP contribution in [0.15, 0.2) is 24.3 Å². The summed E-state index contributed by atoms with van der Waals surface area (Å²) < 4.78 is 5.73. The second-order valence-corrected chi connectivity index (χ2v) is 5.68. The predicted octanol–water partition coefficient (Wildman–Crippen LogP) is 1.96. The summed E-state index contributed by atoms with van der Waals surface area (Å²) in [5, 5.41) is 2.87. The Morgan fingerprint density at radius 3 is 2.76 bits per heavy atom. The van der Waals surface area contributed by atoms with Crippen LogP contribution >= 0.6 is 0 Å². The average molecular weight is 290 g/mol. The van der Waals surface area contributed by atoms with E-state index in [0.29, 0.717) is 18.2 Å². The minimum Gasteiger partial charge on any atom is -0.477 e. The molecule has 5 nitrogen and oxygen atoms in total. The van der Waals surface area contributed by atoms with Crippen molar-refractivity contribution in [3.05, 3.63) is 24.3 Å². The molecule has 0 spiro atoms. The fourth-order valence-corrected chi connectivity index (χ4v) is 2.27. The van der Waals surface area contributed by atoms with Crippen LogP contribution in [0.3, 0.4) is 0 Å². The lowest BCUT2D eigenvalue weighted by Crippen LogP contribution is -2.50. The van der Waals surface area contributed by atoms with Gasteiger partial charge < -0.3 is 15.0 Å². The Morgan fingerprint density at radius 1 is 1.38 bits per heavy atom. The van der Waals surface area contributed by atoms with Crippen molar-refractivity contribution in [3.8, 4) is 5.75 Å². The number of ether oxygens (including phenoxy) is 1. The highest BCUT2D eigenvalue weighted by atomic mass is 16.5. The minimum absolute atomic E-state index is 0.0919. The molecule has 1 heterocycles. The zero-order chi connectivity index (χ0) is 15.4. The number of nitrogens with zero attached hydrogens (tertiary/aromatic N) is 1. The lowest BCUT2D eigenvalue weighted by molar-refractivity contribution is -0.128. The van der Waals surface area contributed by atoms with E-state index in [1.54, 1.807) is 11.0 Å². The van der Waals surface area contributed by atoms with Crippen molar-refractivity contribution in [2.24, 2.45) is 5.92 Å². The lowest BCUT2D eigenvalue weighted by Gasteiger charge is -2.33. The van der Waals surface area contributed by atoms with Crippen LogP contribution in [0.2, 0.25) is 0 Å². The summed E-state index contributed by atoms with van der Waals surface area (Å²) in [6, 6.07) is 7.28. The second-order valence-electron chi connectivity index (χ2n) is 5.68. The number of fused-ring (bicyclic) bond motifs is 1. The average Bonchev–Trinajstić information content (AvgIpc) is 2.45. The standard InChI is InChI=1S/C16H22N2O3/c1-11(2)8-9-17-16(20)15-10-18(12(3)19)13-6-4-5-7-14(13)21-15/h4-7,11,15H,8-10H2,1-3H3,(H,17,20)/t15-/m1/s1. The molecule has 1 N–H and O–H groups in total. The van der Waals surface area contributed by atoms with Gasteiger partial charge in [-0.1, -0.05) is 26.0 Å². The molecule has 0 saturated carbocycles. The van der Waals surface area contributed by atoms with Crippen molar-refractivity contribution in [1.29, 1.82) is 0 Å². The summed E-state index contributed by atoms with van der Waals surface area (Å²) in [5.74, 6) is 0.845. The van der Waals surface area contributed by atoms with Gasteiger partial charge >= 0.3 is 0 Å². The van der Waals surface area contributed by atoms with E-state index in [2.05, 4.69) is 19.2 Å². The molecule has 0 fully saturated rings. The van der Waals surface area contributed by atoms with E-state index < -0.39 is 6.10 Å². The molecular weight excluding hydrogens is 268 g/mol. The van der Waals surface area contributed by atoms with Crippen LogP contribution in [0, 0.1) is 5.92 Å². The van der Waals surface area contributed by atoms with Gasteiger partial charge in [0.05, 0.1) is 12.2 Å². The molecule has 2 amide bonds. The summed E-state index contributed by atoms with van der Waals surface area (Å²) in [4.78, 5) is 25.5. The van der Waals surface area contributed by atoms with Gasteiger partial charge in [-0.15, -0.1) is 0 Å². The minimum atomic E-state index is -0.657. The third kappa shape index (κ3) is 3.74. The van der Waals surface area contributed by atoms with Gasteiger partial charge in [0.15, 0.2) is 6.10 Å². The van der Waals surface area contributed by atoms with Crippen molar-refractivity contribution in [2.45, 2.75) is 33.3 Å². The first-order chi connectivity index (χ1) is 9.99. The summed E-state index contributed by atoms with van der Waals surface area (Å²) >= 11 is 0. The van der Waals surface area contributed by atoms with Gasteiger partial charge in [0.1, 0.15) is 5.75 Å². The van der Waals surface area contributed by atoms with Gasteiger partial charge in [0.2, 0.25) is 5.91 Å². The van der Waals surface area contributed by atoms with Crippen LogP contribution in [-0.2, 0) is 9.59 Å². The van der Waals surface area contributed by atoms with E-state index >= 15 is 0 Å². The zero-order valence-corrected chi connectivity index (χ0v) is 12.8. The molecule has 0 aliphatic carbocycles. The fourth-order valence-electron chi connectivity index (χ4n) is 2.27. The number of carbonyl (C=O) groups excluding carboxylic acids is 2. The van der Waals surface area contributed by atoms with Gasteiger partial charge in [0, 0.05) is 13.5 Å². The first kappa shape index (κ1) is 15.4. The first-order valence-electron chi connectivity index (χ1n) is 7.30. The maximum absolute atomic E-state index is 12.2. The van der Waals surface area contributed by atoms with Crippen LogP contribution in [0.25, 0.3) is 0 Å². The Balaban J connectivity index is 2.07. The summed E-state index contributed by atoms with van der Waals surface area (Å²) in [6.45, 7) is 6.59. The van der Waals surface area contributed by atoms with Crippen molar-refractivity contribution < 1.29 is 14.3 Å². The van der Waals surface area contributed by atoms with Gasteiger partial charge in [-0.25, -0.2) is 0 Å². The Morgan fingerprint density at radius 2 is 2.10 bits per heavy atom. The van der Waals surface area contributed by atoms with Crippen molar-refractivity contribution in [1.82, 2.24) is 5.32 Å². The van der Waals surface area contributed by atoms with E-state index in [0.717, 1.165) is 12.1 Å². The van der Waals surface area contributed by atoms with Crippen LogP contribution < -0.4 is 15.0 Å². The van der Waals surface area contributed by atoms with E-state index in [4.69, 9.17) is 4.74 Å². The number of hydrogen-bond donors (Lipinski definition) is 1. The zero-order valence-electron chi connectivity index (χ0n) is 12.8. The molecular formula is C16H22N2O3. The number of para-hydroxylation sites is 2. The van der Waals surface area contributed by atoms with Crippen LogP contribution in [0.5, 0.6) is 5.75 Å². The molecule has 1 aromatic carbocycles. The van der Waals surface area contributed by atoms with Crippen LogP contribution in [0.4, 0.5) is 5.69 Å². The van der Waals surface area contributed by atoms with E-state index in [1.165, 1.54) is 6.92 Å². The Bertz CT molecular complexity index is 528. The normalized spacial score (nSPS) is 17.1. The molecule has 0 radical (unpaired) electrons. The molecule has 1 aliphatic rings. The molecule has 1 aliphatic heterocycles. The second kappa shape index (κ2) is 6.61. The number of hydrogen-bond acceptors (Lipinski definition) is 3. The Kier molecular flexibility index (Phi) is 4.83. The number of anilines is 1. The van der Waals surface area contributed by atoms with Crippen molar-refractivity contribution in [2.75, 3.05) is 18.0 Å². The van der Waals surface area contributed by atoms with E-state index in [1.807, 2.05) is 18.2 Å². The number of benzene rings is 1. The van der Waals surface area contributed by atoms with Crippen molar-refractivity contribution >= 4 is 17.5 Å². The highest BCUT2D eigenvalue weighted by Gasteiger charge is 2.32. The third-order valence-electron chi connectivity index (χ3n) is 3.47. The molecule has 21 heavy (non-hydrogen) atoms. The maximum atomic E-state index is 12.2. The number of carbonyl (C=O) groups is 2. The fraction of sp³-hybridized carbons (Fsp3) is 0.500. The van der Waals surface area contributed by atoms with Gasteiger partial charge in [0.25, 0.3) is 5.91 Å². The molecule has 0 aromatic heterocycles. The molecule has 0 bridgehead atoms. The van der Waals surface area contributed by atoms with Crippen LogP contribution in [-0.4, -0.2) is 31.0 Å². The molecule has 1 aromatic rings. The SMILES string of the molecule is CC(=O)N1C[C@H](C(=O)NCCC(C)C)Oc2ccccc21. The Labute approximate surface area is 125 Å². The molecule has 0 saturated heterocycles. The summed E-state index contributed by atoms with van der Waals surface area (Å²) in [7, 11) is 0. The summed E-state index contributed by atoms with van der Waals surface area (Å²) in [6.07, 6.45) is 0.266. The topological polar surface area (TPSA) is 58.6 Å². The lowest BCUT2D eigenvalue weighted by atomic mass is 10.1. The number of rotatable bonds is 4. The largest absolute Gasteiger partial charge is 0.477 e. The Hall–Kier alpha value is -2.04. The molecule has 2 rings (SSSR count). The highest BCUT2D eigenvalue weighted by Crippen LogP contribution is 2.33. The monoisotopic (exact) mass is 290 g/mol. The molecule has 1 atom stereocenters. The summed E-state index contributed by atoms with van der Waals surface area (Å²) in [5.41, 5.74) is 0.719. The maximum Gasteiger partial charge on any atom is 0.262 e. The number of amides is 2. The quantitative estimate of drug-likeness (QED) is 0.922.